The Morgan fingerprint density at radius 1 is 1.90 bits per heavy atom. The van der Waals surface area contributed by atoms with Crippen LogP contribution in [0.25, 0.3) is 0 Å². The number of nitrogens with one attached hydrogen (secondary N) is 1. The van der Waals surface area contributed by atoms with Gasteiger partial charge in [-0.15, -0.1) is 24.0 Å². The SMILES string of the molecule is C=CNCc1cnc(S)s1. The van der Waals surface area contributed by atoms with Crippen molar-refractivity contribution in [3.05, 3.63) is 23.9 Å². The van der Waals surface area contributed by atoms with Crippen LogP contribution in [0.15, 0.2) is 23.3 Å². The molecule has 1 rings (SSSR count). The summed E-state index contributed by atoms with van der Waals surface area (Å²) in [5.74, 6) is 0. The molecule has 0 aliphatic carbocycles. The van der Waals surface area contributed by atoms with Crippen LogP contribution < -0.4 is 5.32 Å². The molecule has 0 bridgehead atoms. The Bertz CT molecular complexity index is 219. The third-order valence-corrected chi connectivity index (χ3v) is 2.15. The Kier molecular flexibility index (Phi) is 2.77. The zero-order valence-corrected chi connectivity index (χ0v) is 7.08. The Morgan fingerprint density at radius 2 is 2.70 bits per heavy atom. The molecule has 0 saturated heterocycles. The molecule has 0 unspecified atom stereocenters. The predicted octanol–water partition coefficient (Wildman–Crippen LogP) is 1.66. The van der Waals surface area contributed by atoms with Crippen LogP contribution in [-0.4, -0.2) is 4.98 Å². The summed E-state index contributed by atoms with van der Waals surface area (Å²) in [6, 6.07) is 0. The Balaban J connectivity index is 2.49. The van der Waals surface area contributed by atoms with Crippen molar-refractivity contribution < 1.29 is 0 Å². The van der Waals surface area contributed by atoms with Crippen LogP contribution in [0.1, 0.15) is 4.88 Å². The molecule has 0 radical (unpaired) electrons. The van der Waals surface area contributed by atoms with Crippen LogP contribution >= 0.6 is 24.0 Å². The van der Waals surface area contributed by atoms with Gasteiger partial charge in [-0.3, -0.25) is 0 Å². The minimum absolute atomic E-state index is 0.793. The highest BCUT2D eigenvalue weighted by Gasteiger charge is 1.94. The second-order valence-electron chi connectivity index (χ2n) is 1.69. The summed E-state index contributed by atoms with van der Waals surface area (Å²) in [6.45, 7) is 4.33. The number of hydrogen-bond acceptors (Lipinski definition) is 4. The van der Waals surface area contributed by atoms with Crippen molar-refractivity contribution in [2.24, 2.45) is 0 Å². The van der Waals surface area contributed by atoms with Crippen LogP contribution in [0.4, 0.5) is 0 Å². The van der Waals surface area contributed by atoms with E-state index >= 15 is 0 Å². The molecule has 0 spiro atoms. The standard InChI is InChI=1S/C6H8N2S2/c1-2-7-3-5-4-8-6(9)10-5/h2,4,7H,1,3H2,(H,8,9). The molecule has 54 valence electrons. The molecular formula is C6H8N2S2. The Labute approximate surface area is 69.4 Å². The fourth-order valence-electron chi connectivity index (χ4n) is 0.552. The topological polar surface area (TPSA) is 24.9 Å². The van der Waals surface area contributed by atoms with Gasteiger partial charge >= 0.3 is 0 Å². The van der Waals surface area contributed by atoms with Crippen molar-refractivity contribution in [2.45, 2.75) is 10.9 Å². The van der Waals surface area contributed by atoms with E-state index in [1.54, 1.807) is 17.5 Å². The number of nitrogens with zero attached hydrogens (tertiary/aromatic N) is 1. The first-order valence-corrected chi connectivity index (χ1v) is 4.07. The van der Waals surface area contributed by atoms with Crippen molar-refractivity contribution in [1.82, 2.24) is 10.3 Å². The van der Waals surface area contributed by atoms with E-state index in [-0.39, 0.29) is 0 Å². The monoisotopic (exact) mass is 172 g/mol. The summed E-state index contributed by atoms with van der Waals surface area (Å²) < 4.78 is 0.806. The molecule has 1 heterocycles. The Morgan fingerprint density at radius 3 is 3.20 bits per heavy atom. The predicted molar refractivity (Wildman–Crippen MR) is 46.4 cm³/mol. The maximum Gasteiger partial charge on any atom is 0.147 e. The molecule has 0 aliphatic heterocycles. The van der Waals surface area contributed by atoms with Gasteiger partial charge in [0.2, 0.25) is 0 Å². The van der Waals surface area contributed by atoms with Gasteiger partial charge < -0.3 is 5.32 Å². The van der Waals surface area contributed by atoms with Crippen LogP contribution in [0.2, 0.25) is 0 Å². The normalized spacial score (nSPS) is 9.30. The largest absolute Gasteiger partial charge is 0.386 e. The zero-order chi connectivity index (χ0) is 7.40. The van der Waals surface area contributed by atoms with Gasteiger partial charge in [-0.05, 0) is 6.20 Å². The number of thiazole rings is 1. The molecule has 0 aliphatic rings. The van der Waals surface area contributed by atoms with Gasteiger partial charge in [0.25, 0.3) is 0 Å². The lowest BCUT2D eigenvalue weighted by Crippen LogP contribution is -2.00. The second kappa shape index (κ2) is 3.63. The highest BCUT2D eigenvalue weighted by Crippen LogP contribution is 2.15. The summed E-state index contributed by atoms with van der Waals surface area (Å²) in [4.78, 5) is 5.15. The summed E-state index contributed by atoms with van der Waals surface area (Å²) in [5, 5.41) is 2.98. The average molecular weight is 172 g/mol. The minimum atomic E-state index is 0.793. The number of hydrogen-bond donors (Lipinski definition) is 2. The highest BCUT2D eigenvalue weighted by atomic mass is 32.2. The van der Waals surface area contributed by atoms with Gasteiger partial charge in [0.05, 0.1) is 6.54 Å². The smallest absolute Gasteiger partial charge is 0.147 e. The van der Waals surface area contributed by atoms with Crippen molar-refractivity contribution >= 4 is 24.0 Å². The summed E-state index contributed by atoms with van der Waals surface area (Å²) in [5.41, 5.74) is 0. The second-order valence-corrected chi connectivity index (χ2v) is 3.54. The van der Waals surface area contributed by atoms with Gasteiger partial charge in [0, 0.05) is 11.1 Å². The summed E-state index contributed by atoms with van der Waals surface area (Å²) >= 11 is 5.65. The average Bonchev–Trinajstić information content (AvgIpc) is 2.31. The molecule has 1 N–H and O–H groups in total. The maximum absolute atomic E-state index is 4.08. The van der Waals surface area contributed by atoms with Crippen LogP contribution in [-0.2, 0) is 6.54 Å². The molecule has 0 saturated carbocycles. The van der Waals surface area contributed by atoms with Crippen molar-refractivity contribution in [3.8, 4) is 0 Å². The van der Waals surface area contributed by atoms with E-state index in [9.17, 15) is 0 Å². The molecule has 10 heavy (non-hydrogen) atoms. The van der Waals surface area contributed by atoms with Gasteiger partial charge in [-0.25, -0.2) is 4.98 Å². The first-order valence-electron chi connectivity index (χ1n) is 2.81. The van der Waals surface area contributed by atoms with Gasteiger partial charge in [-0.2, -0.15) is 0 Å². The molecule has 0 fully saturated rings. The van der Waals surface area contributed by atoms with E-state index in [1.165, 1.54) is 4.88 Å². The Hall–Kier alpha value is -0.480. The highest BCUT2D eigenvalue weighted by molar-refractivity contribution is 7.82. The summed E-state index contributed by atoms with van der Waals surface area (Å²) in [6.07, 6.45) is 3.47. The summed E-state index contributed by atoms with van der Waals surface area (Å²) in [7, 11) is 0. The van der Waals surface area contributed by atoms with E-state index < -0.39 is 0 Å². The number of aromatic nitrogens is 1. The first-order chi connectivity index (χ1) is 4.83. The third-order valence-electron chi connectivity index (χ3n) is 0.962. The van der Waals surface area contributed by atoms with E-state index in [1.807, 2.05) is 6.20 Å². The number of thiol groups is 1. The van der Waals surface area contributed by atoms with E-state index in [0.29, 0.717) is 0 Å². The molecule has 0 amide bonds. The van der Waals surface area contributed by atoms with Crippen LogP contribution in [0.5, 0.6) is 0 Å². The van der Waals surface area contributed by atoms with Crippen molar-refractivity contribution in [2.75, 3.05) is 0 Å². The van der Waals surface area contributed by atoms with Crippen molar-refractivity contribution in [1.29, 1.82) is 0 Å². The lowest BCUT2D eigenvalue weighted by molar-refractivity contribution is 0.886. The molecular weight excluding hydrogens is 164 g/mol. The maximum atomic E-state index is 4.08. The first kappa shape index (κ1) is 7.63. The lowest BCUT2D eigenvalue weighted by atomic mass is 10.5. The third kappa shape index (κ3) is 2.04. The van der Waals surface area contributed by atoms with Crippen LogP contribution in [0.3, 0.4) is 0 Å². The molecule has 1 aromatic rings. The lowest BCUT2D eigenvalue weighted by Gasteiger charge is -1.92. The fourth-order valence-corrected chi connectivity index (χ4v) is 1.56. The van der Waals surface area contributed by atoms with Gasteiger partial charge in [0.15, 0.2) is 0 Å². The molecule has 4 heteroatoms. The van der Waals surface area contributed by atoms with E-state index in [2.05, 4.69) is 29.5 Å². The molecule has 0 atom stereocenters. The van der Waals surface area contributed by atoms with Crippen LogP contribution in [0, 0.1) is 0 Å². The van der Waals surface area contributed by atoms with E-state index in [0.717, 1.165) is 10.9 Å². The molecule has 2 nitrogen and oxygen atoms in total. The zero-order valence-electron chi connectivity index (χ0n) is 5.37. The van der Waals surface area contributed by atoms with Gasteiger partial charge in [0.1, 0.15) is 4.34 Å². The van der Waals surface area contributed by atoms with Gasteiger partial charge in [-0.1, -0.05) is 6.58 Å². The number of rotatable bonds is 3. The molecule has 1 aromatic heterocycles. The quantitative estimate of drug-likeness (QED) is 0.678. The minimum Gasteiger partial charge on any atom is -0.386 e. The fraction of sp³-hybridized carbons (Fsp3) is 0.167. The van der Waals surface area contributed by atoms with E-state index in [4.69, 9.17) is 0 Å². The molecule has 0 aromatic carbocycles. The van der Waals surface area contributed by atoms with Crippen molar-refractivity contribution in [3.63, 3.8) is 0 Å².